The third-order valence-electron chi connectivity index (χ3n) is 3.43. The van der Waals surface area contributed by atoms with Crippen LogP contribution in [0.5, 0.6) is 0 Å². The monoisotopic (exact) mass is 406 g/mol. The van der Waals surface area contributed by atoms with Crippen molar-refractivity contribution in [1.82, 2.24) is 16.0 Å². The first-order valence-electron chi connectivity index (χ1n) is 8.10. The molecule has 0 unspecified atom stereocenters. The summed E-state index contributed by atoms with van der Waals surface area (Å²) in [5.41, 5.74) is 15.5. The highest BCUT2D eigenvalue weighted by molar-refractivity contribution is 7.80. The number of carbonyl (C=O) groups is 5. The van der Waals surface area contributed by atoms with E-state index < -0.39 is 47.8 Å². The third-order valence-corrected chi connectivity index (χ3v) is 3.82. The fourth-order valence-corrected chi connectivity index (χ4v) is 2.13. The number of primary amides is 2. The number of nitrogens with one attached hydrogen (secondary N) is 3. The molecule has 154 valence electrons. The van der Waals surface area contributed by atoms with E-state index in [0.29, 0.717) is 0 Å². The maximum atomic E-state index is 12.4. The predicted octanol–water partition coefficient (Wildman–Crippen LogP) is -2.99. The van der Waals surface area contributed by atoms with E-state index in [1.54, 1.807) is 0 Å². The molecule has 0 bridgehead atoms. The number of carboxylic acids is 1. The summed E-state index contributed by atoms with van der Waals surface area (Å²) in [6.45, 7) is 0.150. The number of urea groups is 1. The molecule has 0 rings (SSSR count). The van der Waals surface area contributed by atoms with Gasteiger partial charge in [0.2, 0.25) is 17.7 Å². The smallest absolute Gasteiger partial charge is 0.326 e. The summed E-state index contributed by atoms with van der Waals surface area (Å²) in [5, 5.41) is 16.1. The Bertz CT molecular complexity index is 560. The van der Waals surface area contributed by atoms with Gasteiger partial charge in [0.15, 0.2) is 0 Å². The molecule has 0 aliphatic rings. The maximum absolute atomic E-state index is 12.4. The largest absolute Gasteiger partial charge is 0.480 e. The van der Waals surface area contributed by atoms with Gasteiger partial charge in [0.25, 0.3) is 0 Å². The number of carbonyl (C=O) groups excluding carboxylic acids is 4. The highest BCUT2D eigenvalue weighted by Gasteiger charge is 2.27. The van der Waals surface area contributed by atoms with Gasteiger partial charge in [0, 0.05) is 18.7 Å². The van der Waals surface area contributed by atoms with Crippen molar-refractivity contribution in [3.63, 3.8) is 0 Å². The van der Waals surface area contributed by atoms with Gasteiger partial charge >= 0.3 is 12.0 Å². The van der Waals surface area contributed by atoms with Crippen LogP contribution in [0.2, 0.25) is 0 Å². The van der Waals surface area contributed by atoms with Gasteiger partial charge in [-0.1, -0.05) is 0 Å². The molecule has 0 heterocycles. The molecule has 0 aliphatic carbocycles. The second-order valence-electron chi connectivity index (χ2n) is 5.69. The minimum atomic E-state index is -1.35. The average molecular weight is 406 g/mol. The first-order chi connectivity index (χ1) is 12.6. The number of hydrogen-bond donors (Lipinski definition) is 8. The normalized spacial score (nSPS) is 13.7. The summed E-state index contributed by atoms with van der Waals surface area (Å²) in [5.74, 6) is -3.43. The number of aliphatic carboxylic acids is 1. The van der Waals surface area contributed by atoms with E-state index in [1.165, 1.54) is 0 Å². The topological polar surface area (TPSA) is 220 Å². The van der Waals surface area contributed by atoms with Crippen molar-refractivity contribution in [3.05, 3.63) is 0 Å². The first kappa shape index (κ1) is 24.5. The van der Waals surface area contributed by atoms with Crippen molar-refractivity contribution >= 4 is 42.4 Å². The Balaban J connectivity index is 4.98. The molecule has 0 radical (unpaired) electrons. The molecule has 0 fully saturated rings. The van der Waals surface area contributed by atoms with Gasteiger partial charge in [-0.05, 0) is 19.3 Å². The SMILES string of the molecule is NC(=O)CC[C@H](NC(=O)[C@H](CCCNC(N)=O)NC(=O)[C@@H](N)CS)C(=O)O. The molecule has 3 atom stereocenters. The van der Waals surface area contributed by atoms with Crippen molar-refractivity contribution in [2.45, 2.75) is 43.8 Å². The Kier molecular flexibility index (Phi) is 11.6. The van der Waals surface area contributed by atoms with E-state index in [0.717, 1.165) is 0 Å². The predicted molar refractivity (Wildman–Crippen MR) is 98.6 cm³/mol. The van der Waals surface area contributed by atoms with Crippen LogP contribution in [-0.2, 0) is 19.2 Å². The van der Waals surface area contributed by atoms with Crippen molar-refractivity contribution in [2.75, 3.05) is 12.3 Å². The molecular formula is C14H26N6O6S. The van der Waals surface area contributed by atoms with Gasteiger partial charge in [-0.15, -0.1) is 0 Å². The van der Waals surface area contributed by atoms with E-state index in [4.69, 9.17) is 22.3 Å². The minimum absolute atomic E-state index is 0.0414. The molecule has 0 aromatic heterocycles. The number of hydrogen-bond acceptors (Lipinski definition) is 7. The molecule has 12 nitrogen and oxygen atoms in total. The maximum Gasteiger partial charge on any atom is 0.326 e. The quantitative estimate of drug-likeness (QED) is 0.117. The summed E-state index contributed by atoms with van der Waals surface area (Å²) in [7, 11) is 0. The summed E-state index contributed by atoms with van der Waals surface area (Å²) in [6, 6.07) is -4.16. The summed E-state index contributed by atoms with van der Waals surface area (Å²) >= 11 is 3.90. The molecule has 10 N–H and O–H groups in total. The fourth-order valence-electron chi connectivity index (χ4n) is 1.96. The van der Waals surface area contributed by atoms with Crippen molar-refractivity contribution in [1.29, 1.82) is 0 Å². The fraction of sp³-hybridized carbons (Fsp3) is 0.643. The summed E-state index contributed by atoms with van der Waals surface area (Å²) in [6.07, 6.45) is -0.0759. The standard InChI is InChI=1S/C14H26N6O6S/c15-7(6-27)11(22)19-8(2-1-5-18-14(17)26)12(23)20-9(13(24)25)3-4-10(16)21/h7-9,27H,1-6,15H2,(H2,16,21)(H,19,22)(H,20,23)(H,24,25)(H3,17,18,26)/t7-,8-,9-/m0/s1. The van der Waals surface area contributed by atoms with E-state index >= 15 is 0 Å². The molecule has 0 aliphatic heterocycles. The minimum Gasteiger partial charge on any atom is -0.480 e. The molecule has 5 amide bonds. The van der Waals surface area contributed by atoms with Crippen molar-refractivity contribution in [3.8, 4) is 0 Å². The van der Waals surface area contributed by atoms with Gasteiger partial charge in [-0.2, -0.15) is 12.6 Å². The highest BCUT2D eigenvalue weighted by atomic mass is 32.1. The first-order valence-corrected chi connectivity index (χ1v) is 8.73. The van der Waals surface area contributed by atoms with Crippen LogP contribution in [0.3, 0.4) is 0 Å². The van der Waals surface area contributed by atoms with Gasteiger partial charge in [0.05, 0.1) is 6.04 Å². The van der Waals surface area contributed by atoms with E-state index in [1.807, 2.05) is 0 Å². The van der Waals surface area contributed by atoms with Crippen molar-refractivity contribution < 1.29 is 29.1 Å². The number of rotatable bonds is 13. The number of carboxylic acid groups (broad SMARTS) is 1. The molecule has 13 heteroatoms. The van der Waals surface area contributed by atoms with Crippen LogP contribution in [0.4, 0.5) is 4.79 Å². The molecule has 0 aromatic carbocycles. The second kappa shape index (κ2) is 12.8. The zero-order chi connectivity index (χ0) is 21.0. The van der Waals surface area contributed by atoms with Gasteiger partial charge in [0.1, 0.15) is 12.1 Å². The van der Waals surface area contributed by atoms with Crippen LogP contribution in [0.25, 0.3) is 0 Å². The Hall–Kier alpha value is -2.54. The van der Waals surface area contributed by atoms with Crippen molar-refractivity contribution in [2.24, 2.45) is 17.2 Å². The van der Waals surface area contributed by atoms with Gasteiger partial charge in [-0.3, -0.25) is 14.4 Å². The second-order valence-corrected chi connectivity index (χ2v) is 6.05. The Labute approximate surface area is 161 Å². The van der Waals surface area contributed by atoms with E-state index in [9.17, 15) is 24.0 Å². The number of nitrogens with two attached hydrogens (primary N) is 3. The molecule has 27 heavy (non-hydrogen) atoms. The van der Waals surface area contributed by atoms with Crippen LogP contribution in [0.15, 0.2) is 0 Å². The molecule has 0 saturated carbocycles. The summed E-state index contributed by atoms with van der Waals surface area (Å²) in [4.78, 5) is 57.1. The molecule has 0 aromatic rings. The van der Waals surface area contributed by atoms with Crippen LogP contribution in [0.1, 0.15) is 25.7 Å². The van der Waals surface area contributed by atoms with Gasteiger partial charge in [-0.25, -0.2) is 9.59 Å². The lowest BCUT2D eigenvalue weighted by atomic mass is 10.1. The van der Waals surface area contributed by atoms with Crippen LogP contribution in [0, 0.1) is 0 Å². The lowest BCUT2D eigenvalue weighted by molar-refractivity contribution is -0.142. The Morgan fingerprint density at radius 1 is 0.963 bits per heavy atom. The van der Waals surface area contributed by atoms with Crippen LogP contribution >= 0.6 is 12.6 Å². The van der Waals surface area contributed by atoms with Crippen LogP contribution in [-0.4, -0.2) is 65.3 Å². The van der Waals surface area contributed by atoms with E-state index in [2.05, 4.69) is 28.6 Å². The molecular weight excluding hydrogens is 380 g/mol. The Morgan fingerprint density at radius 2 is 1.56 bits per heavy atom. The number of amides is 5. The lowest BCUT2D eigenvalue weighted by Crippen LogP contribution is -2.55. The third kappa shape index (κ3) is 10.9. The molecule has 0 saturated heterocycles. The Morgan fingerprint density at radius 3 is 2.04 bits per heavy atom. The van der Waals surface area contributed by atoms with Crippen LogP contribution < -0.4 is 33.2 Å². The number of thiol groups is 1. The summed E-state index contributed by atoms with van der Waals surface area (Å²) < 4.78 is 0. The zero-order valence-electron chi connectivity index (χ0n) is 14.6. The average Bonchev–Trinajstić information content (AvgIpc) is 2.59. The zero-order valence-corrected chi connectivity index (χ0v) is 15.5. The van der Waals surface area contributed by atoms with Gasteiger partial charge < -0.3 is 38.3 Å². The molecule has 0 spiro atoms. The lowest BCUT2D eigenvalue weighted by Gasteiger charge is -2.22. The van der Waals surface area contributed by atoms with E-state index in [-0.39, 0.29) is 38.0 Å². The highest BCUT2D eigenvalue weighted by Crippen LogP contribution is 2.03.